The summed E-state index contributed by atoms with van der Waals surface area (Å²) in [6, 6.07) is 0. The number of nitrogens with zero attached hydrogens (tertiary/aromatic N) is 2. The van der Waals surface area contributed by atoms with Gasteiger partial charge in [-0.3, -0.25) is 9.30 Å². The van der Waals surface area contributed by atoms with Gasteiger partial charge in [0.15, 0.2) is 0 Å². The van der Waals surface area contributed by atoms with Crippen LogP contribution in [-0.2, 0) is 9.92 Å². The number of nitrogens with one attached hydrogen (secondary N) is 1. The molecule has 0 aliphatic carbocycles. The zero-order valence-corrected chi connectivity index (χ0v) is 8.97. The third-order valence-corrected chi connectivity index (χ3v) is 2.79. The molecule has 0 aliphatic heterocycles. The van der Waals surface area contributed by atoms with E-state index in [1.54, 1.807) is 19.2 Å². The Morgan fingerprint density at radius 1 is 1.69 bits per heavy atom. The zero-order chi connectivity index (χ0) is 10.5. The van der Waals surface area contributed by atoms with E-state index >= 15 is 0 Å². The summed E-state index contributed by atoms with van der Waals surface area (Å²) in [4.78, 5) is 3.54. The van der Waals surface area contributed by atoms with E-state index < -0.39 is 9.92 Å². The highest BCUT2D eigenvalue weighted by atomic mass is 32.2. The maximum atomic E-state index is 11.3. The normalized spacial score (nSPS) is 17.0. The fourth-order valence-electron chi connectivity index (χ4n) is 0.713. The van der Waals surface area contributed by atoms with Crippen molar-refractivity contribution in [3.8, 4) is 0 Å². The Morgan fingerprint density at radius 2 is 2.23 bits per heavy atom. The van der Waals surface area contributed by atoms with Gasteiger partial charge in [0.25, 0.3) is 0 Å². The van der Waals surface area contributed by atoms with Crippen LogP contribution in [0.25, 0.3) is 0 Å². The molecule has 0 radical (unpaired) electrons. The van der Waals surface area contributed by atoms with Gasteiger partial charge in [0.05, 0.1) is 0 Å². The first-order chi connectivity index (χ1) is 5.93. The standard InChI is InChI=1S/C8H15N3OS/c1-5-8(6-7-10-2)11(3)13(4,9)12/h5-7,9H,2H2,1,3-4H3/b7-6-,8-5+. The fourth-order valence-corrected chi connectivity index (χ4v) is 1.28. The average molecular weight is 201 g/mol. The molecular formula is C8H15N3OS. The Bertz CT molecular complexity index is 327. The highest BCUT2D eigenvalue weighted by Gasteiger charge is 2.07. The van der Waals surface area contributed by atoms with Crippen LogP contribution in [0.15, 0.2) is 29.0 Å². The molecule has 5 heteroatoms. The molecule has 0 rings (SSSR count). The summed E-state index contributed by atoms with van der Waals surface area (Å²) in [5.41, 5.74) is 0.690. The van der Waals surface area contributed by atoms with E-state index in [1.807, 2.05) is 6.92 Å². The van der Waals surface area contributed by atoms with Crippen molar-refractivity contribution in [1.82, 2.24) is 4.31 Å². The fraction of sp³-hybridized carbons (Fsp3) is 0.375. The summed E-state index contributed by atoms with van der Waals surface area (Å²) in [7, 11) is -1.08. The van der Waals surface area contributed by atoms with Gasteiger partial charge in [-0.2, -0.15) is 0 Å². The van der Waals surface area contributed by atoms with Crippen LogP contribution in [0.1, 0.15) is 6.92 Å². The van der Waals surface area contributed by atoms with Crippen LogP contribution in [0.5, 0.6) is 0 Å². The van der Waals surface area contributed by atoms with E-state index in [0.29, 0.717) is 5.70 Å². The van der Waals surface area contributed by atoms with Crippen molar-refractivity contribution < 1.29 is 4.21 Å². The van der Waals surface area contributed by atoms with Crippen LogP contribution in [-0.4, -0.2) is 28.5 Å². The summed E-state index contributed by atoms with van der Waals surface area (Å²) in [6.07, 6.45) is 6.28. The lowest BCUT2D eigenvalue weighted by molar-refractivity contribution is 0.606. The summed E-state index contributed by atoms with van der Waals surface area (Å²) in [5.74, 6) is 0. The Kier molecular flexibility index (Phi) is 4.40. The van der Waals surface area contributed by atoms with Crippen molar-refractivity contribution in [2.45, 2.75) is 6.92 Å². The molecule has 1 atom stereocenters. The van der Waals surface area contributed by atoms with Crippen molar-refractivity contribution in [1.29, 1.82) is 4.78 Å². The number of hydrogen-bond acceptors (Lipinski definition) is 3. The lowest BCUT2D eigenvalue weighted by Gasteiger charge is -2.19. The number of hydrogen-bond donors (Lipinski definition) is 1. The van der Waals surface area contributed by atoms with Gasteiger partial charge >= 0.3 is 0 Å². The van der Waals surface area contributed by atoms with Crippen LogP contribution in [0, 0.1) is 4.78 Å². The van der Waals surface area contributed by atoms with Crippen molar-refractivity contribution in [2.75, 3.05) is 13.3 Å². The first-order valence-electron chi connectivity index (χ1n) is 3.69. The van der Waals surface area contributed by atoms with Crippen molar-refractivity contribution >= 4 is 16.6 Å². The van der Waals surface area contributed by atoms with Gasteiger partial charge in [0.2, 0.25) is 0 Å². The maximum Gasteiger partial charge on any atom is 0.125 e. The predicted octanol–water partition coefficient (Wildman–Crippen LogP) is 1.63. The second-order valence-electron chi connectivity index (χ2n) is 2.51. The molecule has 74 valence electrons. The van der Waals surface area contributed by atoms with E-state index in [2.05, 4.69) is 11.7 Å². The second kappa shape index (κ2) is 4.81. The Balaban J connectivity index is 4.83. The van der Waals surface area contributed by atoms with Crippen LogP contribution in [0.4, 0.5) is 0 Å². The smallest absolute Gasteiger partial charge is 0.125 e. The molecule has 1 N–H and O–H groups in total. The molecule has 0 heterocycles. The van der Waals surface area contributed by atoms with E-state index in [4.69, 9.17) is 4.78 Å². The molecule has 0 aromatic heterocycles. The van der Waals surface area contributed by atoms with Crippen LogP contribution < -0.4 is 0 Å². The molecule has 0 saturated heterocycles. The number of allylic oxidation sites excluding steroid dienone is 2. The minimum absolute atomic E-state index is 0.690. The predicted molar refractivity (Wildman–Crippen MR) is 57.0 cm³/mol. The van der Waals surface area contributed by atoms with E-state index in [-0.39, 0.29) is 0 Å². The largest absolute Gasteiger partial charge is 0.289 e. The van der Waals surface area contributed by atoms with Gasteiger partial charge in [-0.25, -0.2) is 8.99 Å². The van der Waals surface area contributed by atoms with Gasteiger partial charge < -0.3 is 0 Å². The van der Waals surface area contributed by atoms with Crippen molar-refractivity contribution in [2.24, 2.45) is 4.99 Å². The molecule has 0 fully saturated rings. The van der Waals surface area contributed by atoms with Gasteiger partial charge in [-0.15, -0.1) is 0 Å². The van der Waals surface area contributed by atoms with E-state index in [0.717, 1.165) is 0 Å². The highest BCUT2D eigenvalue weighted by Crippen LogP contribution is 2.08. The van der Waals surface area contributed by atoms with E-state index in [1.165, 1.54) is 16.8 Å². The summed E-state index contributed by atoms with van der Waals surface area (Å²) in [6.45, 7) is 5.10. The Hall–Kier alpha value is -1.10. The van der Waals surface area contributed by atoms with Gasteiger partial charge in [0, 0.05) is 25.2 Å². The van der Waals surface area contributed by atoms with Gasteiger partial charge in [-0.1, -0.05) is 6.08 Å². The van der Waals surface area contributed by atoms with Crippen molar-refractivity contribution in [3.63, 3.8) is 0 Å². The SMILES string of the molecule is C=N/C=C\C(=C/C)N(C)S(C)(=N)=O. The number of aliphatic imine (C=N–C) groups is 1. The first kappa shape index (κ1) is 11.9. The topological polar surface area (TPSA) is 56.5 Å². The molecule has 0 bridgehead atoms. The molecule has 13 heavy (non-hydrogen) atoms. The van der Waals surface area contributed by atoms with Crippen molar-refractivity contribution in [3.05, 3.63) is 24.0 Å². The quantitative estimate of drug-likeness (QED) is 0.545. The molecule has 0 amide bonds. The molecule has 0 spiro atoms. The summed E-state index contributed by atoms with van der Waals surface area (Å²) in [5, 5.41) is 0. The minimum atomic E-state index is -2.69. The first-order valence-corrected chi connectivity index (χ1v) is 5.62. The summed E-state index contributed by atoms with van der Waals surface area (Å²) >= 11 is 0. The highest BCUT2D eigenvalue weighted by molar-refractivity contribution is 7.89. The molecule has 1 unspecified atom stereocenters. The molecule has 0 aromatic rings. The van der Waals surface area contributed by atoms with Crippen LogP contribution in [0.3, 0.4) is 0 Å². The van der Waals surface area contributed by atoms with Gasteiger partial charge in [-0.05, 0) is 19.7 Å². The molecule has 0 saturated carbocycles. The lowest BCUT2D eigenvalue weighted by Crippen LogP contribution is -2.22. The summed E-state index contributed by atoms with van der Waals surface area (Å²) < 4.78 is 20.1. The zero-order valence-electron chi connectivity index (χ0n) is 8.15. The lowest BCUT2D eigenvalue weighted by atomic mass is 10.4. The number of likely N-dealkylation sites (N-methyl/N-ethyl adjacent to an activating group) is 1. The Morgan fingerprint density at radius 3 is 2.54 bits per heavy atom. The molecule has 0 aromatic carbocycles. The molecular weight excluding hydrogens is 186 g/mol. The van der Waals surface area contributed by atoms with Crippen LogP contribution >= 0.6 is 0 Å². The number of rotatable bonds is 4. The molecule has 4 nitrogen and oxygen atoms in total. The average Bonchev–Trinajstić information content (AvgIpc) is 2.04. The molecule has 0 aliphatic rings. The van der Waals surface area contributed by atoms with E-state index in [9.17, 15) is 4.21 Å². The third-order valence-electron chi connectivity index (χ3n) is 1.53. The van der Waals surface area contributed by atoms with Crippen LogP contribution in [0.2, 0.25) is 0 Å². The monoisotopic (exact) mass is 201 g/mol. The maximum absolute atomic E-state index is 11.3. The third kappa shape index (κ3) is 3.89. The Labute approximate surface area is 79.8 Å². The second-order valence-corrected chi connectivity index (χ2v) is 4.66. The van der Waals surface area contributed by atoms with Gasteiger partial charge in [0.1, 0.15) is 9.92 Å². The minimum Gasteiger partial charge on any atom is -0.289 e.